The van der Waals surface area contributed by atoms with E-state index in [9.17, 15) is 8.42 Å². The standard InChI is InChI=1S/C19H25NO4S/c21-25(22,15-12-20-10-4-1-5-11-20)24-14-13-23-19-9-8-17-6-2-3-7-18(17)16-19/h2-3,6-9,16H,1,4-5,10-15H2. The molecule has 0 spiro atoms. The maximum absolute atomic E-state index is 12.0. The van der Waals surface area contributed by atoms with E-state index in [-0.39, 0.29) is 19.0 Å². The van der Waals surface area contributed by atoms with E-state index >= 15 is 0 Å². The third kappa shape index (κ3) is 5.70. The molecule has 0 unspecified atom stereocenters. The van der Waals surface area contributed by atoms with Crippen LogP contribution in [-0.2, 0) is 14.3 Å². The molecule has 136 valence electrons. The molecule has 5 nitrogen and oxygen atoms in total. The zero-order valence-corrected chi connectivity index (χ0v) is 15.2. The van der Waals surface area contributed by atoms with Crippen LogP contribution in [0.15, 0.2) is 42.5 Å². The molecule has 1 aliphatic heterocycles. The molecule has 6 heteroatoms. The Hall–Kier alpha value is -1.63. The van der Waals surface area contributed by atoms with Crippen molar-refractivity contribution < 1.29 is 17.3 Å². The van der Waals surface area contributed by atoms with Gasteiger partial charge in [-0.2, -0.15) is 8.42 Å². The fourth-order valence-corrected chi connectivity index (χ4v) is 3.98. The van der Waals surface area contributed by atoms with Gasteiger partial charge in [0.15, 0.2) is 0 Å². The highest BCUT2D eigenvalue weighted by molar-refractivity contribution is 7.86. The summed E-state index contributed by atoms with van der Waals surface area (Å²) in [5.74, 6) is 0.760. The van der Waals surface area contributed by atoms with Gasteiger partial charge in [0.1, 0.15) is 19.0 Å². The van der Waals surface area contributed by atoms with Crippen molar-refractivity contribution in [1.82, 2.24) is 4.90 Å². The predicted molar refractivity (Wildman–Crippen MR) is 99.5 cm³/mol. The summed E-state index contributed by atoms with van der Waals surface area (Å²) in [5.41, 5.74) is 0. The molecule has 2 aromatic rings. The Bertz CT molecular complexity index is 785. The molecule has 25 heavy (non-hydrogen) atoms. The van der Waals surface area contributed by atoms with Crippen LogP contribution in [0.1, 0.15) is 19.3 Å². The lowest BCUT2D eigenvalue weighted by molar-refractivity contribution is 0.214. The average molecular weight is 363 g/mol. The zero-order valence-electron chi connectivity index (χ0n) is 14.4. The van der Waals surface area contributed by atoms with Crippen molar-refractivity contribution in [3.8, 4) is 5.75 Å². The molecule has 0 N–H and O–H groups in total. The van der Waals surface area contributed by atoms with Crippen molar-refractivity contribution in [2.75, 3.05) is 38.6 Å². The van der Waals surface area contributed by atoms with Crippen molar-refractivity contribution in [1.29, 1.82) is 0 Å². The average Bonchev–Trinajstić information content (AvgIpc) is 2.64. The minimum Gasteiger partial charge on any atom is -0.491 e. The second-order valence-electron chi connectivity index (χ2n) is 6.34. The van der Waals surface area contributed by atoms with E-state index in [1.807, 2.05) is 42.5 Å². The maximum atomic E-state index is 12.0. The highest BCUT2D eigenvalue weighted by Crippen LogP contribution is 2.20. The van der Waals surface area contributed by atoms with Gasteiger partial charge in [0.2, 0.25) is 0 Å². The number of hydrogen-bond donors (Lipinski definition) is 0. The van der Waals surface area contributed by atoms with Gasteiger partial charge in [-0.1, -0.05) is 36.8 Å². The fraction of sp³-hybridized carbons (Fsp3) is 0.474. The summed E-state index contributed by atoms with van der Waals surface area (Å²) in [6.45, 7) is 2.77. The summed E-state index contributed by atoms with van der Waals surface area (Å²) < 4.78 is 34.6. The topological polar surface area (TPSA) is 55.8 Å². The van der Waals surface area contributed by atoms with Crippen LogP contribution in [0.5, 0.6) is 5.75 Å². The molecule has 0 amide bonds. The molecule has 0 bridgehead atoms. The second-order valence-corrected chi connectivity index (χ2v) is 8.10. The molecule has 0 aromatic heterocycles. The number of fused-ring (bicyclic) bond motifs is 1. The van der Waals surface area contributed by atoms with E-state index in [2.05, 4.69) is 4.90 Å². The first-order chi connectivity index (χ1) is 12.1. The number of nitrogens with zero attached hydrogens (tertiary/aromatic N) is 1. The fourth-order valence-electron chi connectivity index (χ4n) is 3.06. The van der Waals surface area contributed by atoms with Gasteiger partial charge in [0.25, 0.3) is 10.1 Å². The molecule has 0 radical (unpaired) electrons. The number of benzene rings is 2. The lowest BCUT2D eigenvalue weighted by atomic mass is 10.1. The van der Waals surface area contributed by atoms with Gasteiger partial charge in [0, 0.05) is 6.54 Å². The molecule has 0 aliphatic carbocycles. The number of hydrogen-bond acceptors (Lipinski definition) is 5. The smallest absolute Gasteiger partial charge is 0.268 e. The lowest BCUT2D eigenvalue weighted by Crippen LogP contribution is -2.34. The summed E-state index contributed by atoms with van der Waals surface area (Å²) in [7, 11) is -3.49. The Kier molecular flexibility index (Phi) is 6.29. The number of piperidine rings is 1. The molecule has 1 aliphatic rings. The predicted octanol–water partition coefficient (Wildman–Crippen LogP) is 3.05. The van der Waals surface area contributed by atoms with Crippen LogP contribution in [0.2, 0.25) is 0 Å². The number of likely N-dealkylation sites (tertiary alicyclic amines) is 1. The van der Waals surface area contributed by atoms with Crippen LogP contribution in [-0.4, -0.2) is 51.9 Å². The zero-order chi connectivity index (χ0) is 17.5. The third-order valence-corrected chi connectivity index (χ3v) is 5.65. The van der Waals surface area contributed by atoms with Gasteiger partial charge in [-0.05, 0) is 48.8 Å². The molecule has 1 fully saturated rings. The normalized spacial score (nSPS) is 16.2. The van der Waals surface area contributed by atoms with Crippen LogP contribution in [0.3, 0.4) is 0 Å². The van der Waals surface area contributed by atoms with E-state index in [1.54, 1.807) is 0 Å². The second kappa shape index (κ2) is 8.65. The van der Waals surface area contributed by atoms with Crippen LogP contribution in [0.25, 0.3) is 10.8 Å². The first-order valence-electron chi connectivity index (χ1n) is 8.83. The van der Waals surface area contributed by atoms with Crippen molar-refractivity contribution in [2.24, 2.45) is 0 Å². The lowest BCUT2D eigenvalue weighted by Gasteiger charge is -2.25. The molecule has 3 rings (SSSR count). The van der Waals surface area contributed by atoms with Crippen LogP contribution >= 0.6 is 0 Å². The number of rotatable bonds is 8. The van der Waals surface area contributed by atoms with Gasteiger partial charge in [-0.25, -0.2) is 0 Å². The van der Waals surface area contributed by atoms with Crippen molar-refractivity contribution in [3.05, 3.63) is 42.5 Å². The first-order valence-corrected chi connectivity index (χ1v) is 10.4. The largest absolute Gasteiger partial charge is 0.491 e. The summed E-state index contributed by atoms with van der Waals surface area (Å²) in [6.07, 6.45) is 3.55. The summed E-state index contributed by atoms with van der Waals surface area (Å²) in [5, 5.41) is 2.24. The monoisotopic (exact) mass is 363 g/mol. The van der Waals surface area contributed by atoms with Crippen molar-refractivity contribution in [2.45, 2.75) is 19.3 Å². The Morgan fingerprint density at radius 1 is 0.920 bits per heavy atom. The highest BCUT2D eigenvalue weighted by Gasteiger charge is 2.16. The van der Waals surface area contributed by atoms with Gasteiger partial charge < -0.3 is 9.64 Å². The first kappa shape index (κ1) is 18.2. The van der Waals surface area contributed by atoms with Crippen molar-refractivity contribution in [3.63, 3.8) is 0 Å². The van der Waals surface area contributed by atoms with Gasteiger partial charge in [-0.15, -0.1) is 0 Å². The molecule has 2 aromatic carbocycles. The van der Waals surface area contributed by atoms with E-state index in [0.29, 0.717) is 12.3 Å². The molecular formula is C19H25NO4S. The Morgan fingerprint density at radius 2 is 1.68 bits per heavy atom. The van der Waals surface area contributed by atoms with E-state index in [4.69, 9.17) is 8.92 Å². The van der Waals surface area contributed by atoms with Gasteiger partial charge >= 0.3 is 0 Å². The van der Waals surface area contributed by atoms with Crippen LogP contribution in [0.4, 0.5) is 0 Å². The Balaban J connectivity index is 1.40. The summed E-state index contributed by atoms with van der Waals surface area (Å²) >= 11 is 0. The molecule has 0 saturated carbocycles. The molecule has 0 atom stereocenters. The Labute approximate surface area is 149 Å². The third-order valence-electron chi connectivity index (χ3n) is 4.44. The van der Waals surface area contributed by atoms with Gasteiger partial charge in [0.05, 0.1) is 5.75 Å². The highest BCUT2D eigenvalue weighted by atomic mass is 32.2. The van der Waals surface area contributed by atoms with Gasteiger partial charge in [-0.3, -0.25) is 4.18 Å². The minimum atomic E-state index is -3.49. The minimum absolute atomic E-state index is 0.0369. The van der Waals surface area contributed by atoms with Crippen LogP contribution in [0, 0.1) is 0 Å². The van der Waals surface area contributed by atoms with E-state index in [0.717, 1.165) is 36.7 Å². The molecule has 1 saturated heterocycles. The maximum Gasteiger partial charge on any atom is 0.268 e. The SMILES string of the molecule is O=S(=O)(CCN1CCCCC1)OCCOc1ccc2ccccc2c1. The van der Waals surface area contributed by atoms with E-state index in [1.165, 1.54) is 6.42 Å². The van der Waals surface area contributed by atoms with Crippen molar-refractivity contribution >= 4 is 20.9 Å². The number of ether oxygens (including phenoxy) is 1. The molecular weight excluding hydrogens is 338 g/mol. The summed E-state index contributed by atoms with van der Waals surface area (Å²) in [4.78, 5) is 2.19. The van der Waals surface area contributed by atoms with Crippen LogP contribution < -0.4 is 4.74 Å². The molecule has 1 heterocycles. The Morgan fingerprint density at radius 3 is 2.48 bits per heavy atom. The van der Waals surface area contributed by atoms with E-state index < -0.39 is 10.1 Å². The quantitative estimate of drug-likeness (QED) is 0.533. The summed E-state index contributed by atoms with van der Waals surface area (Å²) in [6, 6.07) is 13.8.